The Bertz CT molecular complexity index is 3470. The average molecular weight is 1140 g/mol. The number of nitrogen functional groups attached to an aromatic ring is 1. The van der Waals surface area contributed by atoms with Crippen molar-refractivity contribution >= 4 is 65.2 Å². The van der Waals surface area contributed by atoms with Crippen LogP contribution in [-0.4, -0.2) is 167 Å². The molecule has 4 aliphatic rings. The number of nitrogens with one attached hydrogen (secondary N) is 3. The molecule has 0 spiro atoms. The molecular formula is C63H74FN15O5. The van der Waals surface area contributed by atoms with Gasteiger partial charge in [0.15, 0.2) is 11.9 Å². The zero-order valence-corrected chi connectivity index (χ0v) is 48.2. The van der Waals surface area contributed by atoms with Gasteiger partial charge in [0.1, 0.15) is 41.6 Å². The summed E-state index contributed by atoms with van der Waals surface area (Å²) < 4.78 is 19.7. The van der Waals surface area contributed by atoms with Gasteiger partial charge in [-0.3, -0.25) is 33.5 Å². The number of benzene rings is 2. The molecule has 4 atom stereocenters. The van der Waals surface area contributed by atoms with E-state index in [0.717, 1.165) is 112 Å². The number of aromatic nitrogens is 6. The number of likely N-dealkylation sites (tertiary alicyclic amines) is 2. The van der Waals surface area contributed by atoms with Gasteiger partial charge in [-0.1, -0.05) is 24.0 Å². The number of carbonyl (C=O) groups excluding carboxylic acids is 5. The van der Waals surface area contributed by atoms with Gasteiger partial charge in [0.2, 0.25) is 5.91 Å². The summed E-state index contributed by atoms with van der Waals surface area (Å²) in [5.74, 6) is 7.62. The minimum Gasteiger partial charge on any atom is -0.391 e. The molecule has 2 amide bonds. The molecule has 0 aliphatic carbocycles. The number of fused-ring (bicyclic) bond motifs is 2. The summed E-state index contributed by atoms with van der Waals surface area (Å²) in [5.41, 5.74) is 12.9. The van der Waals surface area contributed by atoms with Crippen LogP contribution in [0.15, 0.2) is 108 Å². The van der Waals surface area contributed by atoms with Crippen LogP contribution in [0.3, 0.4) is 0 Å². The van der Waals surface area contributed by atoms with Gasteiger partial charge < -0.3 is 46.0 Å². The molecule has 4 unspecified atom stereocenters. The number of aryl methyl sites for hydroxylation is 1. The van der Waals surface area contributed by atoms with E-state index < -0.39 is 11.9 Å². The number of carbonyl (C=O) groups is 5. The number of nitrogens with zero attached hydrogens (tertiary/aromatic N) is 11. The van der Waals surface area contributed by atoms with Crippen molar-refractivity contribution in [1.29, 1.82) is 0 Å². The lowest BCUT2D eigenvalue weighted by molar-refractivity contribution is -0.125. The lowest BCUT2D eigenvalue weighted by Crippen LogP contribution is -2.47. The first-order valence-electron chi connectivity index (χ1n) is 28.7. The Kier molecular flexibility index (Phi) is 20.2. The van der Waals surface area contributed by atoms with Gasteiger partial charge in [0.25, 0.3) is 5.91 Å². The Morgan fingerprint density at radius 1 is 0.988 bits per heavy atom. The van der Waals surface area contributed by atoms with Gasteiger partial charge in [0, 0.05) is 125 Å². The number of anilines is 3. The molecule has 8 heterocycles. The zero-order valence-electron chi connectivity index (χ0n) is 48.2. The molecule has 4 aliphatic heterocycles. The average Bonchev–Trinajstić information content (AvgIpc) is 3.60. The van der Waals surface area contributed by atoms with Crippen LogP contribution in [0.5, 0.6) is 0 Å². The van der Waals surface area contributed by atoms with Crippen LogP contribution < -0.4 is 26.6 Å². The largest absolute Gasteiger partial charge is 0.391 e. The van der Waals surface area contributed by atoms with Crippen LogP contribution in [0, 0.1) is 42.3 Å². The SMILES string of the molecule is CNC(=O)C(CCC=O)N(C)C(=O)c1c(C=O)cccc1NCc1cnn(C2CCN(C)CC2)c1.Cc1nc2ccc(-c3ccnc(N)c3)nc2n1-c1ccc(N2CC3CN(CC#C/C4=C/C=C/NCCC(C=O)CCN=C4)CC3C2)c(F)c1. The Morgan fingerprint density at radius 2 is 1.80 bits per heavy atom. The molecule has 20 nitrogen and oxygen atoms in total. The number of pyridine rings is 2. The number of hydrogen-bond acceptors (Lipinski definition) is 16. The van der Waals surface area contributed by atoms with E-state index in [2.05, 4.69) is 69.6 Å². The second-order valence-corrected chi connectivity index (χ2v) is 21.9. The third-order valence-electron chi connectivity index (χ3n) is 16.1. The lowest BCUT2D eigenvalue weighted by Gasteiger charge is -2.29. The molecule has 3 saturated heterocycles. The van der Waals surface area contributed by atoms with Gasteiger partial charge in [-0.2, -0.15) is 5.10 Å². The molecule has 0 saturated carbocycles. The lowest BCUT2D eigenvalue weighted by atomic mass is 10.0. The summed E-state index contributed by atoms with van der Waals surface area (Å²) in [7, 11) is 5.11. The van der Waals surface area contributed by atoms with E-state index in [-0.39, 0.29) is 41.6 Å². The second-order valence-electron chi connectivity index (χ2n) is 21.9. The van der Waals surface area contributed by atoms with E-state index >= 15 is 4.39 Å². The fourth-order valence-corrected chi connectivity index (χ4v) is 11.5. The number of rotatable bonds is 16. The van der Waals surface area contributed by atoms with E-state index in [9.17, 15) is 24.0 Å². The van der Waals surface area contributed by atoms with Crippen LogP contribution in [0.4, 0.5) is 21.6 Å². The predicted octanol–water partition coefficient (Wildman–Crippen LogP) is 6.33. The highest BCUT2D eigenvalue weighted by Gasteiger charge is 2.40. The third-order valence-corrected chi connectivity index (χ3v) is 16.1. The van der Waals surface area contributed by atoms with Crippen molar-refractivity contribution < 1.29 is 28.4 Å². The highest BCUT2D eigenvalue weighted by atomic mass is 19.1. The highest BCUT2D eigenvalue weighted by molar-refractivity contribution is 6.07. The summed E-state index contributed by atoms with van der Waals surface area (Å²) in [6, 6.07) is 17.4. The van der Waals surface area contributed by atoms with Crippen LogP contribution in [0.25, 0.3) is 28.1 Å². The third kappa shape index (κ3) is 14.7. The number of aldehydes is 3. The number of nitrogens with two attached hydrogens (primary N) is 1. The molecule has 3 fully saturated rings. The standard InChI is InChI=1S/C38H40FN9O.C25H34N6O4/c1-26-44-35-8-7-34(29-12-16-43-37(40)18-29)45-38(35)48(26)32-6-9-36(33(39)19-32)47-23-30-21-46(22-31(30)24-47)17-3-5-27-4-2-13-41-14-10-28(25-49)11-15-42-20-27;1-26-24(34)22(8-5-13-32)30(3)25(35)23-19(17-33)6-4-7-21(23)27-14-18-15-28-31(16-18)20-9-11-29(2)12-10-20/h2,4,6-9,12-13,16,18-20,25,28,30-31,41H,10-11,14-15,17,21-24H2,1H3,(H2,40,43);4,6-7,13,15-17,20,22,27H,5,8-12,14H2,1-3H3,(H,26,34)/b13-2+,27-4-,42-20?;. The molecule has 84 heavy (non-hydrogen) atoms. The van der Waals surface area contributed by atoms with E-state index in [0.29, 0.717) is 78.6 Å². The van der Waals surface area contributed by atoms with Crippen molar-refractivity contribution in [3.8, 4) is 28.8 Å². The van der Waals surface area contributed by atoms with E-state index in [1.165, 1.54) is 19.0 Å². The van der Waals surface area contributed by atoms with Crippen molar-refractivity contribution in [1.82, 2.24) is 54.6 Å². The van der Waals surface area contributed by atoms with Gasteiger partial charge >= 0.3 is 0 Å². The van der Waals surface area contributed by atoms with Gasteiger partial charge in [-0.25, -0.2) is 19.3 Å². The first-order chi connectivity index (χ1) is 40.8. The Balaban J connectivity index is 0.000000214. The number of allylic oxidation sites excluding steroid dienone is 3. The van der Waals surface area contributed by atoms with E-state index in [4.69, 9.17) is 10.7 Å². The van der Waals surface area contributed by atoms with Crippen LogP contribution in [-0.2, 0) is 20.9 Å². The summed E-state index contributed by atoms with van der Waals surface area (Å²) in [6.07, 6.45) is 19.4. The molecule has 10 rings (SSSR count). The smallest absolute Gasteiger partial charge is 0.257 e. The van der Waals surface area contributed by atoms with Crippen molar-refractivity contribution in [2.75, 3.05) is 96.0 Å². The first kappa shape index (κ1) is 59.7. The Morgan fingerprint density at radius 3 is 2.54 bits per heavy atom. The van der Waals surface area contributed by atoms with Crippen molar-refractivity contribution in [2.45, 2.75) is 64.1 Å². The Hall–Kier alpha value is -8.87. The van der Waals surface area contributed by atoms with Crippen LogP contribution >= 0.6 is 0 Å². The minimum absolute atomic E-state index is 0.0243. The quantitative estimate of drug-likeness (QED) is 0.0612. The topological polar surface area (TPSA) is 234 Å². The minimum atomic E-state index is -0.835. The maximum Gasteiger partial charge on any atom is 0.257 e. The maximum absolute atomic E-state index is 15.8. The maximum atomic E-state index is 15.8. The number of imidazole rings is 1. The van der Waals surface area contributed by atoms with Gasteiger partial charge in [-0.15, -0.1) is 0 Å². The summed E-state index contributed by atoms with van der Waals surface area (Å²) in [5, 5.41) is 13.6. The number of aliphatic imine (C=N–C) groups is 1. The molecule has 21 heteroatoms. The fourth-order valence-electron chi connectivity index (χ4n) is 11.5. The summed E-state index contributed by atoms with van der Waals surface area (Å²) in [4.78, 5) is 86.1. The van der Waals surface area contributed by atoms with Gasteiger partial charge in [0.05, 0.1) is 41.4 Å². The van der Waals surface area contributed by atoms with Crippen molar-refractivity contribution in [3.63, 3.8) is 0 Å². The van der Waals surface area contributed by atoms with Crippen molar-refractivity contribution in [2.24, 2.45) is 22.7 Å². The highest BCUT2D eigenvalue weighted by Crippen LogP contribution is 2.36. The molecule has 438 valence electrons. The van der Waals surface area contributed by atoms with Crippen LogP contribution in [0.2, 0.25) is 0 Å². The summed E-state index contributed by atoms with van der Waals surface area (Å²) in [6.45, 7) is 9.97. The number of amides is 2. The van der Waals surface area contributed by atoms with Gasteiger partial charge in [-0.05, 0) is 132 Å². The fraction of sp³-hybridized carbons (Fsp3) is 0.397. The molecule has 6 aromatic rings. The predicted molar refractivity (Wildman–Crippen MR) is 324 cm³/mol. The van der Waals surface area contributed by atoms with Crippen LogP contribution in [0.1, 0.15) is 76.7 Å². The second kappa shape index (κ2) is 28.4. The Labute approximate surface area is 489 Å². The molecule has 0 radical (unpaired) electrons. The number of hydrogen-bond donors (Lipinski definition) is 4. The molecule has 4 aromatic heterocycles. The number of piperidine rings is 1. The molecule has 0 bridgehead atoms. The normalized spacial score (nSPS) is 19.8. The van der Waals surface area contributed by atoms with E-state index in [1.54, 1.807) is 42.7 Å². The monoisotopic (exact) mass is 1140 g/mol. The zero-order chi connectivity index (χ0) is 59.1. The molecular weight excluding hydrogens is 1070 g/mol. The number of halogens is 1. The molecule has 5 N–H and O–H groups in total. The first-order valence-corrected chi connectivity index (χ1v) is 28.7. The molecule has 2 aromatic carbocycles. The van der Waals surface area contributed by atoms with Crippen molar-refractivity contribution in [3.05, 3.63) is 132 Å². The summed E-state index contributed by atoms with van der Waals surface area (Å²) >= 11 is 0. The number of likely N-dealkylation sites (N-methyl/N-ethyl adjacent to an activating group) is 2. The van der Waals surface area contributed by atoms with E-state index in [1.807, 2.05) is 77.3 Å².